The average molecular weight is 502 g/mol. The van der Waals surface area contributed by atoms with Crippen LogP contribution < -0.4 is 5.32 Å². The number of aliphatic imine (C=N–C) groups is 1. The second kappa shape index (κ2) is 11.9. The molecule has 2 saturated heterocycles. The Bertz CT molecular complexity index is 605. The van der Waals surface area contributed by atoms with Gasteiger partial charge in [-0.2, -0.15) is 0 Å². The van der Waals surface area contributed by atoms with Crippen molar-refractivity contribution in [3.63, 3.8) is 0 Å². The molecule has 2 unspecified atom stereocenters. The summed E-state index contributed by atoms with van der Waals surface area (Å²) in [5.74, 6) is 1.60. The van der Waals surface area contributed by atoms with Crippen LogP contribution >= 0.6 is 24.0 Å². The zero-order chi connectivity index (χ0) is 19.1. The number of morpholine rings is 1. The van der Waals surface area contributed by atoms with E-state index in [0.717, 1.165) is 64.0 Å². The molecule has 0 aromatic heterocycles. The third-order valence-corrected chi connectivity index (χ3v) is 5.42. The Morgan fingerprint density at radius 1 is 1.25 bits per heavy atom. The molecule has 2 fully saturated rings. The highest BCUT2D eigenvalue weighted by Gasteiger charge is 2.27. The third-order valence-electron chi connectivity index (χ3n) is 5.42. The average Bonchev–Trinajstić information content (AvgIpc) is 3.14. The van der Waals surface area contributed by atoms with Crippen LogP contribution in [0.1, 0.15) is 30.6 Å². The first-order valence-corrected chi connectivity index (χ1v) is 10.2. The number of hydrogen-bond donors (Lipinski definition) is 2. The monoisotopic (exact) mass is 502 g/mol. The second-order valence-electron chi connectivity index (χ2n) is 7.63. The molecule has 7 heteroatoms. The minimum Gasteiger partial charge on any atom is -0.386 e. The standard InChI is InChI=1S/C21H34N4O2.HI/c1-3-22-21(23-14-20(26)19-6-4-17(2)5-7-19)25-9-8-18(16-25)15-24-10-12-27-13-11-24;/h4-7,18,20,26H,3,8-16H2,1-2H3,(H,22,23);1H. The fourth-order valence-electron chi connectivity index (χ4n) is 3.82. The van der Waals surface area contributed by atoms with Crippen molar-refractivity contribution < 1.29 is 9.84 Å². The molecule has 0 amide bonds. The predicted molar refractivity (Wildman–Crippen MR) is 124 cm³/mol. The lowest BCUT2D eigenvalue weighted by Crippen LogP contribution is -2.42. The zero-order valence-electron chi connectivity index (χ0n) is 17.1. The largest absolute Gasteiger partial charge is 0.386 e. The van der Waals surface area contributed by atoms with Gasteiger partial charge in [0.25, 0.3) is 0 Å². The number of aliphatic hydroxyl groups excluding tert-OH is 1. The Morgan fingerprint density at radius 2 is 1.96 bits per heavy atom. The number of guanidine groups is 1. The van der Waals surface area contributed by atoms with E-state index >= 15 is 0 Å². The fraction of sp³-hybridized carbons (Fsp3) is 0.667. The fourth-order valence-corrected chi connectivity index (χ4v) is 3.82. The summed E-state index contributed by atoms with van der Waals surface area (Å²) in [6.45, 7) is 12.4. The molecule has 3 rings (SSSR count). The molecule has 0 saturated carbocycles. The van der Waals surface area contributed by atoms with Gasteiger partial charge in [-0.15, -0.1) is 24.0 Å². The van der Waals surface area contributed by atoms with E-state index in [0.29, 0.717) is 12.5 Å². The van der Waals surface area contributed by atoms with Gasteiger partial charge < -0.3 is 20.1 Å². The molecule has 1 aromatic rings. The summed E-state index contributed by atoms with van der Waals surface area (Å²) in [6.07, 6.45) is 0.633. The number of benzene rings is 1. The highest BCUT2D eigenvalue weighted by molar-refractivity contribution is 14.0. The van der Waals surface area contributed by atoms with Gasteiger partial charge in [-0.05, 0) is 31.7 Å². The second-order valence-corrected chi connectivity index (χ2v) is 7.63. The number of nitrogens with zero attached hydrogens (tertiary/aromatic N) is 3. The van der Waals surface area contributed by atoms with E-state index in [2.05, 4.69) is 29.0 Å². The normalized spacial score (nSPS) is 22.0. The van der Waals surface area contributed by atoms with Gasteiger partial charge >= 0.3 is 0 Å². The molecular weight excluding hydrogens is 467 g/mol. The number of aliphatic hydroxyl groups is 1. The lowest BCUT2D eigenvalue weighted by Gasteiger charge is -2.29. The summed E-state index contributed by atoms with van der Waals surface area (Å²) in [6, 6.07) is 8.03. The Morgan fingerprint density at radius 3 is 2.64 bits per heavy atom. The van der Waals surface area contributed by atoms with Crippen molar-refractivity contribution in [2.45, 2.75) is 26.4 Å². The van der Waals surface area contributed by atoms with Crippen LogP contribution in [0.2, 0.25) is 0 Å². The first-order valence-electron chi connectivity index (χ1n) is 10.2. The SMILES string of the molecule is CCNC(=NCC(O)c1ccc(C)cc1)N1CCC(CN2CCOCC2)C1.I. The summed E-state index contributed by atoms with van der Waals surface area (Å²) in [5, 5.41) is 13.9. The lowest BCUT2D eigenvalue weighted by molar-refractivity contribution is 0.0315. The van der Waals surface area contributed by atoms with Crippen LogP contribution in [0.3, 0.4) is 0 Å². The van der Waals surface area contributed by atoms with Gasteiger partial charge in [0, 0.05) is 39.3 Å². The number of hydrogen-bond acceptors (Lipinski definition) is 4. The molecule has 2 aliphatic heterocycles. The molecule has 0 radical (unpaired) electrons. The molecule has 2 aliphatic rings. The van der Waals surface area contributed by atoms with Gasteiger partial charge in [-0.1, -0.05) is 29.8 Å². The molecule has 0 spiro atoms. The van der Waals surface area contributed by atoms with Gasteiger partial charge in [0.15, 0.2) is 5.96 Å². The first-order chi connectivity index (χ1) is 13.2. The summed E-state index contributed by atoms with van der Waals surface area (Å²) >= 11 is 0. The molecule has 0 bridgehead atoms. The number of aryl methyl sites for hydroxylation is 1. The van der Waals surface area contributed by atoms with E-state index < -0.39 is 6.10 Å². The van der Waals surface area contributed by atoms with Crippen molar-refractivity contribution in [2.75, 3.05) is 59.0 Å². The summed E-state index contributed by atoms with van der Waals surface area (Å²) in [4.78, 5) is 9.58. The van der Waals surface area contributed by atoms with Crippen LogP contribution in [0.4, 0.5) is 0 Å². The van der Waals surface area contributed by atoms with Crippen LogP contribution in [0.25, 0.3) is 0 Å². The maximum absolute atomic E-state index is 10.5. The molecule has 1 aromatic carbocycles. The van der Waals surface area contributed by atoms with Crippen molar-refractivity contribution in [3.05, 3.63) is 35.4 Å². The zero-order valence-corrected chi connectivity index (χ0v) is 19.5. The Kier molecular flexibility index (Phi) is 9.98. The smallest absolute Gasteiger partial charge is 0.194 e. The summed E-state index contributed by atoms with van der Waals surface area (Å²) in [5.41, 5.74) is 2.12. The number of nitrogens with one attached hydrogen (secondary N) is 1. The van der Waals surface area contributed by atoms with Crippen molar-refractivity contribution in [2.24, 2.45) is 10.9 Å². The van der Waals surface area contributed by atoms with Gasteiger partial charge in [0.1, 0.15) is 0 Å². The van der Waals surface area contributed by atoms with E-state index in [1.54, 1.807) is 0 Å². The van der Waals surface area contributed by atoms with Crippen molar-refractivity contribution in [3.8, 4) is 0 Å². The molecule has 158 valence electrons. The number of rotatable bonds is 6. The van der Waals surface area contributed by atoms with Crippen LogP contribution in [0.5, 0.6) is 0 Å². The number of likely N-dealkylation sites (tertiary alicyclic amines) is 1. The first kappa shape index (κ1) is 23.4. The van der Waals surface area contributed by atoms with Crippen molar-refractivity contribution in [1.29, 1.82) is 0 Å². The molecule has 2 heterocycles. The minimum atomic E-state index is -0.564. The van der Waals surface area contributed by atoms with E-state index in [1.165, 1.54) is 12.0 Å². The Balaban J connectivity index is 0.00000280. The van der Waals surface area contributed by atoms with Crippen LogP contribution in [-0.2, 0) is 4.74 Å². The van der Waals surface area contributed by atoms with Gasteiger partial charge in [-0.25, -0.2) is 0 Å². The van der Waals surface area contributed by atoms with Gasteiger partial charge in [0.05, 0.1) is 25.9 Å². The molecule has 6 nitrogen and oxygen atoms in total. The maximum Gasteiger partial charge on any atom is 0.194 e. The molecule has 2 atom stereocenters. The Labute approximate surface area is 186 Å². The lowest BCUT2D eigenvalue weighted by atomic mass is 10.1. The van der Waals surface area contributed by atoms with Gasteiger partial charge in [0.2, 0.25) is 0 Å². The van der Waals surface area contributed by atoms with Crippen LogP contribution in [0.15, 0.2) is 29.3 Å². The van der Waals surface area contributed by atoms with E-state index in [9.17, 15) is 5.11 Å². The molecule has 28 heavy (non-hydrogen) atoms. The number of ether oxygens (including phenoxy) is 1. The third kappa shape index (κ3) is 6.86. The quantitative estimate of drug-likeness (QED) is 0.355. The molecule has 0 aliphatic carbocycles. The van der Waals surface area contributed by atoms with Crippen LogP contribution in [0, 0.1) is 12.8 Å². The van der Waals surface area contributed by atoms with Crippen molar-refractivity contribution >= 4 is 29.9 Å². The highest BCUT2D eigenvalue weighted by Crippen LogP contribution is 2.19. The molecular formula is C21H35IN4O2. The summed E-state index contributed by atoms with van der Waals surface area (Å²) in [7, 11) is 0. The van der Waals surface area contributed by atoms with Gasteiger partial charge in [-0.3, -0.25) is 9.89 Å². The van der Waals surface area contributed by atoms with Crippen LogP contribution in [-0.4, -0.2) is 79.9 Å². The highest BCUT2D eigenvalue weighted by atomic mass is 127. The predicted octanol–water partition coefficient (Wildman–Crippen LogP) is 2.27. The van der Waals surface area contributed by atoms with E-state index in [4.69, 9.17) is 9.73 Å². The van der Waals surface area contributed by atoms with E-state index in [-0.39, 0.29) is 24.0 Å². The summed E-state index contributed by atoms with van der Waals surface area (Å²) < 4.78 is 5.45. The maximum atomic E-state index is 10.5. The number of halogens is 1. The van der Waals surface area contributed by atoms with Crippen molar-refractivity contribution in [1.82, 2.24) is 15.1 Å². The van der Waals surface area contributed by atoms with E-state index in [1.807, 2.05) is 24.3 Å². The minimum absolute atomic E-state index is 0. The Hall–Kier alpha value is -0.900. The topological polar surface area (TPSA) is 60.3 Å². The molecule has 2 N–H and O–H groups in total.